The van der Waals surface area contributed by atoms with E-state index in [4.69, 9.17) is 0 Å². The highest BCUT2D eigenvalue weighted by Gasteiger charge is 2.29. The Bertz CT molecular complexity index is 464. The zero-order valence-corrected chi connectivity index (χ0v) is 10.2. The summed E-state index contributed by atoms with van der Waals surface area (Å²) < 4.78 is 4.62. The van der Waals surface area contributed by atoms with Crippen molar-refractivity contribution in [1.29, 1.82) is 0 Å². The number of methoxy groups -OCH3 is 1. The van der Waals surface area contributed by atoms with Crippen LogP contribution in [0.1, 0.15) is 16.8 Å². The molecule has 0 bridgehead atoms. The summed E-state index contributed by atoms with van der Waals surface area (Å²) in [6.45, 7) is 0.513. The van der Waals surface area contributed by atoms with Crippen LogP contribution in [0.5, 0.6) is 0 Å². The van der Waals surface area contributed by atoms with E-state index in [0.29, 0.717) is 24.3 Å². The normalized spacial score (nSPS) is 19.5. The number of esters is 1. The van der Waals surface area contributed by atoms with Gasteiger partial charge in [0.05, 0.1) is 12.7 Å². The van der Waals surface area contributed by atoms with Crippen LogP contribution in [-0.4, -0.2) is 35.8 Å². The number of aromatic nitrogens is 1. The van der Waals surface area contributed by atoms with E-state index >= 15 is 0 Å². The number of amides is 1. The number of ether oxygens (including phenoxy) is 1. The molecular formula is C11H12N2O3S. The van der Waals surface area contributed by atoms with Crippen LogP contribution >= 0.6 is 12.6 Å². The molecule has 5 nitrogen and oxygen atoms in total. The number of pyridine rings is 1. The van der Waals surface area contributed by atoms with Crippen molar-refractivity contribution in [2.45, 2.75) is 11.7 Å². The molecule has 0 aliphatic carbocycles. The fraction of sp³-hybridized carbons (Fsp3) is 0.364. The molecule has 17 heavy (non-hydrogen) atoms. The molecule has 1 aliphatic rings. The van der Waals surface area contributed by atoms with Gasteiger partial charge >= 0.3 is 5.97 Å². The lowest BCUT2D eigenvalue weighted by Crippen LogP contribution is -2.25. The van der Waals surface area contributed by atoms with E-state index in [-0.39, 0.29) is 11.2 Å². The first kappa shape index (κ1) is 11.9. The van der Waals surface area contributed by atoms with Crippen LogP contribution < -0.4 is 4.90 Å². The maximum Gasteiger partial charge on any atom is 0.338 e. The predicted octanol–water partition coefficient (Wildman–Crippen LogP) is 0.903. The lowest BCUT2D eigenvalue weighted by atomic mass is 10.2. The Balaban J connectivity index is 2.27. The molecule has 2 heterocycles. The summed E-state index contributed by atoms with van der Waals surface area (Å²) >= 11 is 4.26. The van der Waals surface area contributed by atoms with Gasteiger partial charge in [-0.25, -0.2) is 9.78 Å². The van der Waals surface area contributed by atoms with Crippen LogP contribution in [0, 0.1) is 0 Å². The summed E-state index contributed by atoms with van der Waals surface area (Å²) in [5.41, 5.74) is 0.382. The van der Waals surface area contributed by atoms with Gasteiger partial charge in [-0.3, -0.25) is 9.69 Å². The van der Waals surface area contributed by atoms with Crippen LogP contribution in [0.4, 0.5) is 5.82 Å². The molecule has 0 saturated carbocycles. The van der Waals surface area contributed by atoms with Gasteiger partial charge in [-0.2, -0.15) is 12.6 Å². The standard InChI is InChI=1S/C11H12N2O3S/c1-16-11(15)7-2-3-12-9(4-7)13-6-8(17)5-10(13)14/h2-4,8,17H,5-6H2,1H3. The monoisotopic (exact) mass is 252 g/mol. The Labute approximate surface area is 104 Å². The van der Waals surface area contributed by atoms with Crippen LogP contribution in [0.25, 0.3) is 0 Å². The van der Waals surface area contributed by atoms with Crippen molar-refractivity contribution in [3.05, 3.63) is 23.9 Å². The number of thiol groups is 1. The molecule has 1 aliphatic heterocycles. The molecule has 6 heteroatoms. The summed E-state index contributed by atoms with van der Waals surface area (Å²) in [6, 6.07) is 3.10. The largest absolute Gasteiger partial charge is 0.465 e. The van der Waals surface area contributed by atoms with E-state index < -0.39 is 5.97 Å². The number of anilines is 1. The highest BCUT2D eigenvalue weighted by atomic mass is 32.1. The van der Waals surface area contributed by atoms with Crippen molar-refractivity contribution >= 4 is 30.3 Å². The summed E-state index contributed by atoms with van der Waals surface area (Å²) in [6.07, 6.45) is 1.88. The average Bonchev–Trinajstić information content (AvgIpc) is 2.67. The van der Waals surface area contributed by atoms with Gasteiger partial charge < -0.3 is 4.74 Å². The number of hydrogen-bond acceptors (Lipinski definition) is 5. The number of nitrogens with zero attached hydrogens (tertiary/aromatic N) is 2. The van der Waals surface area contributed by atoms with E-state index in [9.17, 15) is 9.59 Å². The predicted molar refractivity (Wildman–Crippen MR) is 65.3 cm³/mol. The molecule has 1 saturated heterocycles. The molecule has 0 aromatic carbocycles. The topological polar surface area (TPSA) is 59.5 Å². The third-order valence-electron chi connectivity index (χ3n) is 2.55. The third-order valence-corrected chi connectivity index (χ3v) is 2.89. The van der Waals surface area contributed by atoms with Crippen LogP contribution in [0.3, 0.4) is 0 Å². The minimum Gasteiger partial charge on any atom is -0.465 e. The first-order valence-electron chi connectivity index (χ1n) is 5.14. The second kappa shape index (κ2) is 4.75. The molecule has 2 rings (SSSR count). The van der Waals surface area contributed by atoms with Crippen LogP contribution in [0.2, 0.25) is 0 Å². The Morgan fingerprint density at radius 2 is 2.41 bits per heavy atom. The van der Waals surface area contributed by atoms with E-state index in [2.05, 4.69) is 22.3 Å². The lowest BCUT2D eigenvalue weighted by molar-refractivity contribution is -0.117. The molecule has 1 fully saturated rings. The first-order valence-corrected chi connectivity index (χ1v) is 5.66. The quantitative estimate of drug-likeness (QED) is 0.627. The molecular weight excluding hydrogens is 240 g/mol. The van der Waals surface area contributed by atoms with Gasteiger partial charge in [0.2, 0.25) is 5.91 Å². The third kappa shape index (κ3) is 2.41. The number of carbonyl (C=O) groups is 2. The summed E-state index contributed by atoms with van der Waals surface area (Å²) in [5, 5.41) is 0.0195. The van der Waals surface area contributed by atoms with Crippen molar-refractivity contribution in [1.82, 2.24) is 4.98 Å². The molecule has 0 radical (unpaired) electrons. The highest BCUT2D eigenvalue weighted by molar-refractivity contribution is 7.81. The summed E-state index contributed by atoms with van der Waals surface area (Å²) in [4.78, 5) is 28.6. The van der Waals surface area contributed by atoms with Crippen molar-refractivity contribution in [3.63, 3.8) is 0 Å². The van der Waals surface area contributed by atoms with E-state index in [0.717, 1.165) is 0 Å². The molecule has 1 aromatic rings. The van der Waals surface area contributed by atoms with Crippen LogP contribution in [-0.2, 0) is 9.53 Å². The fourth-order valence-corrected chi connectivity index (χ4v) is 2.04. The van der Waals surface area contributed by atoms with E-state index in [1.807, 2.05) is 0 Å². The van der Waals surface area contributed by atoms with Crippen molar-refractivity contribution in [3.8, 4) is 0 Å². The van der Waals surface area contributed by atoms with Gasteiger partial charge in [-0.15, -0.1) is 0 Å². The highest BCUT2D eigenvalue weighted by Crippen LogP contribution is 2.22. The van der Waals surface area contributed by atoms with Crippen LogP contribution in [0.15, 0.2) is 18.3 Å². The fourth-order valence-electron chi connectivity index (χ4n) is 1.72. The molecule has 1 aromatic heterocycles. The summed E-state index contributed by atoms with van der Waals surface area (Å²) in [5.74, 6) is -0.00307. The second-order valence-corrected chi connectivity index (χ2v) is 4.49. The Morgan fingerprint density at radius 3 is 3.00 bits per heavy atom. The molecule has 90 valence electrons. The van der Waals surface area contributed by atoms with Crippen molar-refractivity contribution in [2.24, 2.45) is 0 Å². The zero-order chi connectivity index (χ0) is 12.4. The Morgan fingerprint density at radius 1 is 1.65 bits per heavy atom. The van der Waals surface area contributed by atoms with E-state index in [1.54, 1.807) is 12.1 Å². The van der Waals surface area contributed by atoms with E-state index in [1.165, 1.54) is 18.2 Å². The van der Waals surface area contributed by atoms with Crippen molar-refractivity contribution < 1.29 is 14.3 Å². The minimum atomic E-state index is -0.442. The van der Waals surface area contributed by atoms with Gasteiger partial charge in [0.15, 0.2) is 0 Å². The minimum absolute atomic E-state index is 0.0195. The zero-order valence-electron chi connectivity index (χ0n) is 9.29. The SMILES string of the molecule is COC(=O)c1ccnc(N2CC(S)CC2=O)c1. The van der Waals surface area contributed by atoms with Crippen molar-refractivity contribution in [2.75, 3.05) is 18.6 Å². The smallest absolute Gasteiger partial charge is 0.338 e. The van der Waals surface area contributed by atoms with Gasteiger partial charge in [0.1, 0.15) is 5.82 Å². The number of carbonyl (C=O) groups excluding carboxylic acids is 2. The molecule has 1 unspecified atom stereocenters. The molecule has 1 amide bonds. The molecule has 1 atom stereocenters. The average molecular weight is 252 g/mol. The molecule has 0 spiro atoms. The Kier molecular flexibility index (Phi) is 3.33. The van der Waals surface area contributed by atoms with Gasteiger partial charge in [0.25, 0.3) is 0 Å². The number of rotatable bonds is 2. The first-order chi connectivity index (χ1) is 8.11. The molecule has 0 N–H and O–H groups in total. The van der Waals surface area contributed by atoms with Gasteiger partial charge in [0, 0.05) is 24.4 Å². The van der Waals surface area contributed by atoms with Gasteiger partial charge in [-0.1, -0.05) is 0 Å². The van der Waals surface area contributed by atoms with Gasteiger partial charge in [-0.05, 0) is 12.1 Å². The maximum absolute atomic E-state index is 11.7. The summed E-state index contributed by atoms with van der Waals surface area (Å²) in [7, 11) is 1.31. The Hall–Kier alpha value is -1.56. The lowest BCUT2D eigenvalue weighted by Gasteiger charge is -2.15. The maximum atomic E-state index is 11.7. The number of hydrogen-bond donors (Lipinski definition) is 1. The second-order valence-electron chi connectivity index (χ2n) is 3.76.